The zero-order chi connectivity index (χ0) is 11.4. The van der Waals surface area contributed by atoms with E-state index < -0.39 is 0 Å². The third-order valence-corrected chi connectivity index (χ3v) is 2.38. The van der Waals surface area contributed by atoms with E-state index in [0.717, 1.165) is 11.5 Å². The lowest BCUT2D eigenvalue weighted by Crippen LogP contribution is -2.12. The van der Waals surface area contributed by atoms with Crippen LogP contribution in [0.3, 0.4) is 0 Å². The zero-order valence-electron chi connectivity index (χ0n) is 8.18. The van der Waals surface area contributed by atoms with Gasteiger partial charge in [-0.25, -0.2) is 0 Å². The maximum absolute atomic E-state index is 11.6. The SMILES string of the molecule is C#Cc1cccc(NC(=O)c2csnn2)c1. The monoisotopic (exact) mass is 229 g/mol. The number of hydrogen-bond donors (Lipinski definition) is 1. The Morgan fingerprint density at radius 2 is 2.38 bits per heavy atom. The van der Waals surface area contributed by atoms with E-state index >= 15 is 0 Å². The van der Waals surface area contributed by atoms with Gasteiger partial charge in [-0.1, -0.05) is 16.5 Å². The minimum atomic E-state index is -0.289. The minimum Gasteiger partial charge on any atom is -0.321 e. The first-order valence-corrected chi connectivity index (χ1v) is 5.28. The molecule has 16 heavy (non-hydrogen) atoms. The molecule has 0 fully saturated rings. The molecule has 4 nitrogen and oxygen atoms in total. The second kappa shape index (κ2) is 4.55. The number of amides is 1. The standard InChI is InChI=1S/C11H7N3OS/c1-2-8-4-3-5-9(6-8)12-11(15)10-7-16-14-13-10/h1,3-7H,(H,12,15). The number of aromatic nitrogens is 2. The van der Waals surface area contributed by atoms with Crippen LogP contribution >= 0.6 is 11.5 Å². The van der Waals surface area contributed by atoms with Crippen LogP contribution in [0, 0.1) is 12.3 Å². The van der Waals surface area contributed by atoms with Gasteiger partial charge in [-0.15, -0.1) is 11.5 Å². The van der Waals surface area contributed by atoms with Crippen LogP contribution in [0.2, 0.25) is 0 Å². The second-order valence-electron chi connectivity index (χ2n) is 2.97. The molecule has 0 aliphatic heterocycles. The maximum Gasteiger partial charge on any atom is 0.277 e. The quantitative estimate of drug-likeness (QED) is 0.798. The molecule has 0 atom stereocenters. The minimum absolute atomic E-state index is 0.289. The summed E-state index contributed by atoms with van der Waals surface area (Å²) in [6, 6.07) is 7.06. The van der Waals surface area contributed by atoms with Crippen LogP contribution < -0.4 is 5.32 Å². The Balaban J connectivity index is 2.16. The molecule has 2 aromatic rings. The lowest BCUT2D eigenvalue weighted by molar-refractivity contribution is 0.102. The molecule has 0 spiro atoms. The Hall–Kier alpha value is -2.19. The Morgan fingerprint density at radius 3 is 3.06 bits per heavy atom. The van der Waals surface area contributed by atoms with Crippen molar-refractivity contribution >= 4 is 23.1 Å². The Bertz CT molecular complexity index is 543. The topological polar surface area (TPSA) is 54.9 Å². The van der Waals surface area contributed by atoms with Crippen LogP contribution in [-0.4, -0.2) is 15.5 Å². The molecule has 0 bridgehead atoms. The number of benzene rings is 1. The van der Waals surface area contributed by atoms with Gasteiger partial charge in [0, 0.05) is 16.6 Å². The molecule has 1 amide bonds. The van der Waals surface area contributed by atoms with E-state index in [-0.39, 0.29) is 5.91 Å². The molecule has 1 N–H and O–H groups in total. The molecule has 2 rings (SSSR count). The summed E-state index contributed by atoms with van der Waals surface area (Å²) >= 11 is 1.13. The third kappa shape index (κ3) is 2.24. The summed E-state index contributed by atoms with van der Waals surface area (Å²) < 4.78 is 3.62. The van der Waals surface area contributed by atoms with Gasteiger partial charge in [-0.05, 0) is 29.7 Å². The number of rotatable bonds is 2. The van der Waals surface area contributed by atoms with Gasteiger partial charge in [0.15, 0.2) is 5.69 Å². The van der Waals surface area contributed by atoms with E-state index in [2.05, 4.69) is 20.8 Å². The second-order valence-corrected chi connectivity index (χ2v) is 3.58. The third-order valence-electron chi connectivity index (χ3n) is 1.88. The highest BCUT2D eigenvalue weighted by molar-refractivity contribution is 7.03. The van der Waals surface area contributed by atoms with Crippen molar-refractivity contribution in [3.8, 4) is 12.3 Å². The lowest BCUT2D eigenvalue weighted by Gasteiger charge is -2.02. The van der Waals surface area contributed by atoms with Gasteiger partial charge in [-0.2, -0.15) is 0 Å². The molecule has 5 heteroatoms. The van der Waals surface area contributed by atoms with Crippen molar-refractivity contribution in [2.45, 2.75) is 0 Å². The Morgan fingerprint density at radius 1 is 1.50 bits per heavy atom. The predicted molar refractivity (Wildman–Crippen MR) is 62.2 cm³/mol. The number of carbonyl (C=O) groups excluding carboxylic acids is 1. The van der Waals surface area contributed by atoms with Crippen LogP contribution in [0.15, 0.2) is 29.6 Å². The smallest absolute Gasteiger partial charge is 0.277 e. The fourth-order valence-corrected chi connectivity index (χ4v) is 1.58. The molecule has 0 saturated heterocycles. The highest BCUT2D eigenvalue weighted by Crippen LogP contribution is 2.11. The van der Waals surface area contributed by atoms with Crippen LogP contribution in [0.4, 0.5) is 5.69 Å². The van der Waals surface area contributed by atoms with Crippen LogP contribution in [-0.2, 0) is 0 Å². The summed E-state index contributed by atoms with van der Waals surface area (Å²) in [6.07, 6.45) is 5.26. The molecule has 0 unspecified atom stereocenters. The van der Waals surface area contributed by atoms with Gasteiger partial charge in [0.2, 0.25) is 0 Å². The van der Waals surface area contributed by atoms with Crippen LogP contribution in [0.1, 0.15) is 16.1 Å². The first-order valence-electron chi connectivity index (χ1n) is 4.44. The molecule has 78 valence electrons. The number of terminal acetylenes is 1. The van der Waals surface area contributed by atoms with Gasteiger partial charge in [0.05, 0.1) is 0 Å². The Labute approximate surface area is 96.5 Å². The zero-order valence-corrected chi connectivity index (χ0v) is 8.99. The van der Waals surface area contributed by atoms with Crippen molar-refractivity contribution in [1.82, 2.24) is 9.59 Å². The summed E-state index contributed by atoms with van der Waals surface area (Å²) in [5.41, 5.74) is 1.67. The highest BCUT2D eigenvalue weighted by Gasteiger charge is 2.08. The normalized spacial score (nSPS) is 9.44. The molecule has 0 aliphatic rings. The summed E-state index contributed by atoms with van der Waals surface area (Å²) in [7, 11) is 0. The van der Waals surface area contributed by atoms with E-state index in [0.29, 0.717) is 16.9 Å². The summed E-state index contributed by atoms with van der Waals surface area (Å²) in [5.74, 6) is 2.21. The number of nitrogens with zero attached hydrogens (tertiary/aromatic N) is 2. The molecular formula is C11H7N3OS. The summed E-state index contributed by atoms with van der Waals surface area (Å²) in [4.78, 5) is 11.6. The van der Waals surface area contributed by atoms with Crippen molar-refractivity contribution in [3.05, 3.63) is 40.9 Å². The predicted octanol–water partition coefficient (Wildman–Crippen LogP) is 1.77. The van der Waals surface area contributed by atoms with Crippen LogP contribution in [0.25, 0.3) is 0 Å². The van der Waals surface area contributed by atoms with E-state index in [9.17, 15) is 4.79 Å². The highest BCUT2D eigenvalue weighted by atomic mass is 32.1. The van der Waals surface area contributed by atoms with E-state index in [1.807, 2.05) is 0 Å². The fraction of sp³-hybridized carbons (Fsp3) is 0. The average molecular weight is 229 g/mol. The Kier molecular flexibility index (Phi) is 2.94. The van der Waals surface area contributed by atoms with Crippen LogP contribution in [0.5, 0.6) is 0 Å². The molecule has 1 heterocycles. The van der Waals surface area contributed by atoms with Crippen molar-refractivity contribution in [2.24, 2.45) is 0 Å². The largest absolute Gasteiger partial charge is 0.321 e. The fourth-order valence-electron chi connectivity index (χ4n) is 1.15. The van der Waals surface area contributed by atoms with Crippen molar-refractivity contribution in [1.29, 1.82) is 0 Å². The maximum atomic E-state index is 11.6. The first kappa shape index (κ1) is 10.3. The summed E-state index contributed by atoms with van der Waals surface area (Å²) in [5, 5.41) is 7.94. The van der Waals surface area contributed by atoms with Gasteiger partial charge < -0.3 is 5.32 Å². The number of hydrogen-bond acceptors (Lipinski definition) is 4. The first-order chi connectivity index (χ1) is 7.79. The number of nitrogens with one attached hydrogen (secondary N) is 1. The molecule has 0 aliphatic carbocycles. The van der Waals surface area contributed by atoms with E-state index in [1.54, 1.807) is 29.6 Å². The number of carbonyl (C=O) groups is 1. The molecule has 1 aromatic carbocycles. The van der Waals surface area contributed by atoms with Crippen molar-refractivity contribution in [3.63, 3.8) is 0 Å². The molecular weight excluding hydrogens is 222 g/mol. The van der Waals surface area contributed by atoms with Gasteiger partial charge in [0.1, 0.15) is 0 Å². The van der Waals surface area contributed by atoms with Crippen molar-refractivity contribution < 1.29 is 4.79 Å². The van der Waals surface area contributed by atoms with Gasteiger partial charge >= 0.3 is 0 Å². The lowest BCUT2D eigenvalue weighted by atomic mass is 10.2. The van der Waals surface area contributed by atoms with E-state index in [4.69, 9.17) is 6.42 Å². The summed E-state index contributed by atoms with van der Waals surface area (Å²) in [6.45, 7) is 0. The molecule has 1 aromatic heterocycles. The molecule has 0 radical (unpaired) electrons. The van der Waals surface area contributed by atoms with Gasteiger partial charge in [-0.3, -0.25) is 4.79 Å². The van der Waals surface area contributed by atoms with Gasteiger partial charge in [0.25, 0.3) is 5.91 Å². The van der Waals surface area contributed by atoms with E-state index in [1.165, 1.54) is 0 Å². The van der Waals surface area contributed by atoms with Crippen molar-refractivity contribution in [2.75, 3.05) is 5.32 Å². The molecule has 0 saturated carbocycles. The average Bonchev–Trinajstić information content (AvgIpc) is 2.83. The number of anilines is 1.